The zero-order valence-corrected chi connectivity index (χ0v) is 15.8. The third-order valence-electron chi connectivity index (χ3n) is 3.81. The lowest BCUT2D eigenvalue weighted by atomic mass is 10.4. The van der Waals surface area contributed by atoms with E-state index in [0.717, 1.165) is 18.8 Å². The van der Waals surface area contributed by atoms with Crippen molar-refractivity contribution in [2.24, 2.45) is 0 Å². The molecule has 0 aromatic carbocycles. The number of rotatable bonds is 7. The van der Waals surface area contributed by atoms with Gasteiger partial charge in [0, 0.05) is 19.6 Å². The Balaban J connectivity index is 1.70. The Labute approximate surface area is 160 Å². The third kappa shape index (κ3) is 5.23. The number of anilines is 1. The number of nitrogens with one attached hydrogen (secondary N) is 2. The number of imide groups is 1. The molecule has 27 heavy (non-hydrogen) atoms. The zero-order chi connectivity index (χ0) is 19.1. The van der Waals surface area contributed by atoms with Gasteiger partial charge in [-0.05, 0) is 19.1 Å². The summed E-state index contributed by atoms with van der Waals surface area (Å²) in [7, 11) is 0. The van der Waals surface area contributed by atoms with Crippen molar-refractivity contribution in [3.8, 4) is 0 Å². The van der Waals surface area contributed by atoms with E-state index in [0.29, 0.717) is 37.4 Å². The number of thioether (sulfide) groups is 1. The average Bonchev–Trinajstić information content (AvgIpc) is 3.31. The normalized spacial score (nSPS) is 14.2. The first kappa shape index (κ1) is 19.2. The highest BCUT2D eigenvalue weighted by Crippen LogP contribution is 2.24. The number of aromatic nitrogens is 3. The number of hydrogen-bond donors (Lipinski definition) is 2. The van der Waals surface area contributed by atoms with Crippen LogP contribution >= 0.6 is 11.8 Å². The monoisotopic (exact) mass is 394 g/mol. The highest BCUT2D eigenvalue weighted by Gasteiger charge is 2.22. The molecule has 10 nitrogen and oxygen atoms in total. The van der Waals surface area contributed by atoms with E-state index >= 15 is 0 Å². The van der Waals surface area contributed by atoms with E-state index < -0.39 is 11.9 Å². The van der Waals surface area contributed by atoms with Crippen molar-refractivity contribution in [1.82, 2.24) is 25.4 Å². The molecule has 0 unspecified atom stereocenters. The largest absolute Gasteiger partial charge is 0.467 e. The summed E-state index contributed by atoms with van der Waals surface area (Å²) in [6.45, 7) is 5.38. The van der Waals surface area contributed by atoms with Gasteiger partial charge in [0.15, 0.2) is 5.16 Å². The molecule has 3 rings (SSSR count). The second-order valence-corrected chi connectivity index (χ2v) is 6.69. The van der Waals surface area contributed by atoms with Gasteiger partial charge in [0.25, 0.3) is 0 Å². The minimum absolute atomic E-state index is 0.0521. The van der Waals surface area contributed by atoms with Crippen molar-refractivity contribution in [1.29, 1.82) is 0 Å². The van der Waals surface area contributed by atoms with E-state index in [4.69, 9.17) is 9.15 Å². The Hall–Kier alpha value is -2.53. The standard InChI is InChI=1S/C16H22N6O4S/c1-2-17-14(24)18-13(23)11-27-16-20-19-15(21-5-8-25-9-6-21)22(16)10-12-4-3-7-26-12/h3-4,7H,2,5-6,8-11H2,1H3,(H2,17,18,23,24). The van der Waals surface area contributed by atoms with Crippen molar-refractivity contribution in [2.75, 3.05) is 43.5 Å². The Morgan fingerprint density at radius 1 is 1.30 bits per heavy atom. The minimum Gasteiger partial charge on any atom is -0.467 e. The van der Waals surface area contributed by atoms with Crippen LogP contribution in [0.1, 0.15) is 12.7 Å². The number of ether oxygens (including phenoxy) is 1. The Morgan fingerprint density at radius 2 is 2.11 bits per heavy atom. The molecule has 1 aliphatic heterocycles. The molecular formula is C16H22N6O4S. The smallest absolute Gasteiger partial charge is 0.321 e. The Bertz CT molecular complexity index is 757. The lowest BCUT2D eigenvalue weighted by Gasteiger charge is -2.27. The molecular weight excluding hydrogens is 372 g/mol. The number of carbonyl (C=O) groups excluding carboxylic acids is 2. The van der Waals surface area contributed by atoms with Crippen LogP contribution in [-0.2, 0) is 16.1 Å². The molecule has 0 radical (unpaired) electrons. The molecule has 3 heterocycles. The highest BCUT2D eigenvalue weighted by atomic mass is 32.2. The van der Waals surface area contributed by atoms with Gasteiger partial charge in [-0.25, -0.2) is 4.79 Å². The molecule has 2 N–H and O–H groups in total. The topological polar surface area (TPSA) is 115 Å². The van der Waals surface area contributed by atoms with Crippen LogP contribution in [0.5, 0.6) is 0 Å². The van der Waals surface area contributed by atoms with E-state index in [1.54, 1.807) is 13.2 Å². The van der Waals surface area contributed by atoms with Gasteiger partial charge in [0.2, 0.25) is 11.9 Å². The quantitative estimate of drug-likeness (QED) is 0.660. The fraction of sp³-hybridized carbons (Fsp3) is 0.500. The number of amides is 3. The van der Waals surface area contributed by atoms with Crippen molar-refractivity contribution in [2.45, 2.75) is 18.6 Å². The number of urea groups is 1. The number of nitrogens with zero attached hydrogens (tertiary/aromatic N) is 4. The van der Waals surface area contributed by atoms with Gasteiger partial charge in [-0.2, -0.15) is 0 Å². The molecule has 11 heteroatoms. The second kappa shape index (κ2) is 9.42. The number of hydrogen-bond acceptors (Lipinski definition) is 8. The van der Waals surface area contributed by atoms with Crippen LogP contribution in [0, 0.1) is 0 Å². The summed E-state index contributed by atoms with van der Waals surface area (Å²) in [5.74, 6) is 1.13. The first-order chi connectivity index (χ1) is 13.2. The Morgan fingerprint density at radius 3 is 2.81 bits per heavy atom. The molecule has 0 aliphatic carbocycles. The molecule has 1 aliphatic rings. The first-order valence-corrected chi connectivity index (χ1v) is 9.64. The van der Waals surface area contributed by atoms with Crippen LogP contribution in [-0.4, -0.2) is 65.3 Å². The Kier molecular flexibility index (Phi) is 6.71. The number of furan rings is 1. The van der Waals surface area contributed by atoms with Gasteiger partial charge < -0.3 is 19.4 Å². The van der Waals surface area contributed by atoms with Crippen molar-refractivity contribution >= 4 is 29.6 Å². The third-order valence-corrected chi connectivity index (χ3v) is 4.77. The summed E-state index contributed by atoms with van der Waals surface area (Å²) < 4.78 is 12.8. The summed E-state index contributed by atoms with van der Waals surface area (Å²) in [5.41, 5.74) is 0. The minimum atomic E-state index is -0.505. The fourth-order valence-corrected chi connectivity index (χ4v) is 3.31. The molecule has 2 aromatic heterocycles. The van der Waals surface area contributed by atoms with Crippen molar-refractivity contribution in [3.05, 3.63) is 24.2 Å². The van der Waals surface area contributed by atoms with Crippen LogP contribution in [0.3, 0.4) is 0 Å². The highest BCUT2D eigenvalue weighted by molar-refractivity contribution is 7.99. The van der Waals surface area contributed by atoms with Crippen LogP contribution in [0.2, 0.25) is 0 Å². The molecule has 3 amide bonds. The summed E-state index contributed by atoms with van der Waals surface area (Å²) in [4.78, 5) is 25.5. The van der Waals surface area contributed by atoms with Crippen molar-refractivity contribution in [3.63, 3.8) is 0 Å². The predicted octanol–water partition coefficient (Wildman–Crippen LogP) is 0.694. The molecule has 0 bridgehead atoms. The molecule has 0 spiro atoms. The zero-order valence-electron chi connectivity index (χ0n) is 15.0. The van der Waals surface area contributed by atoms with Gasteiger partial charge in [-0.3, -0.25) is 14.7 Å². The maximum atomic E-state index is 11.9. The molecule has 1 saturated heterocycles. The molecule has 1 fully saturated rings. The van der Waals surface area contributed by atoms with Gasteiger partial charge in [-0.15, -0.1) is 10.2 Å². The van der Waals surface area contributed by atoms with E-state index in [9.17, 15) is 9.59 Å². The molecule has 0 atom stereocenters. The van der Waals surface area contributed by atoms with Gasteiger partial charge in [0.05, 0.1) is 31.8 Å². The van der Waals surface area contributed by atoms with Gasteiger partial charge in [0.1, 0.15) is 5.76 Å². The first-order valence-electron chi connectivity index (χ1n) is 8.66. The van der Waals surface area contributed by atoms with Gasteiger partial charge >= 0.3 is 6.03 Å². The van der Waals surface area contributed by atoms with E-state index in [2.05, 4.69) is 25.7 Å². The molecule has 0 saturated carbocycles. The summed E-state index contributed by atoms with van der Waals surface area (Å²) in [6.07, 6.45) is 1.61. The van der Waals surface area contributed by atoms with Crippen LogP contribution < -0.4 is 15.5 Å². The lowest BCUT2D eigenvalue weighted by Crippen LogP contribution is -2.40. The maximum Gasteiger partial charge on any atom is 0.321 e. The fourth-order valence-electron chi connectivity index (χ4n) is 2.58. The van der Waals surface area contributed by atoms with Gasteiger partial charge in [-0.1, -0.05) is 11.8 Å². The van der Waals surface area contributed by atoms with E-state index in [-0.39, 0.29) is 5.75 Å². The summed E-state index contributed by atoms with van der Waals surface area (Å²) in [6, 6.07) is 3.19. The predicted molar refractivity (Wildman–Crippen MR) is 98.8 cm³/mol. The van der Waals surface area contributed by atoms with Crippen molar-refractivity contribution < 1.29 is 18.7 Å². The van der Waals surface area contributed by atoms with Crippen LogP contribution in [0.15, 0.2) is 28.0 Å². The summed E-state index contributed by atoms with van der Waals surface area (Å²) in [5, 5.41) is 13.9. The van der Waals surface area contributed by atoms with Crippen LogP contribution in [0.4, 0.5) is 10.7 Å². The SMILES string of the molecule is CCNC(=O)NC(=O)CSc1nnc(N2CCOCC2)n1Cc1ccco1. The maximum absolute atomic E-state index is 11.9. The number of carbonyl (C=O) groups is 2. The van der Waals surface area contributed by atoms with E-state index in [1.807, 2.05) is 16.7 Å². The molecule has 2 aromatic rings. The molecule has 146 valence electrons. The average molecular weight is 394 g/mol. The lowest BCUT2D eigenvalue weighted by molar-refractivity contribution is -0.117. The van der Waals surface area contributed by atoms with Crippen LogP contribution in [0.25, 0.3) is 0 Å². The second-order valence-electron chi connectivity index (χ2n) is 5.74. The number of morpholine rings is 1. The summed E-state index contributed by atoms with van der Waals surface area (Å²) >= 11 is 1.22. The van der Waals surface area contributed by atoms with E-state index in [1.165, 1.54) is 11.8 Å².